The van der Waals surface area contributed by atoms with E-state index in [2.05, 4.69) is 19.1 Å². The molecule has 0 saturated heterocycles. The first-order chi connectivity index (χ1) is 8.72. The average molecular weight is 248 g/mol. The van der Waals surface area contributed by atoms with Gasteiger partial charge in [-0.25, -0.2) is 0 Å². The second-order valence-electron chi connectivity index (χ2n) is 5.59. The standard InChI is InChI=1S/C16H24O2/c1-2-12-7-8-16(18)15(9-12)10-13-3-5-14(11-17)6-4-13/h3-6,12,15-18H,2,7-11H2,1H3. The smallest absolute Gasteiger partial charge is 0.0681 e. The van der Waals surface area contributed by atoms with Crippen molar-refractivity contribution in [1.29, 1.82) is 0 Å². The molecule has 1 fully saturated rings. The molecule has 3 unspecified atom stereocenters. The first-order valence-electron chi connectivity index (χ1n) is 7.09. The molecule has 0 aromatic heterocycles. The largest absolute Gasteiger partial charge is 0.393 e. The fraction of sp³-hybridized carbons (Fsp3) is 0.625. The lowest BCUT2D eigenvalue weighted by Gasteiger charge is -2.33. The van der Waals surface area contributed by atoms with E-state index in [1.165, 1.54) is 18.4 Å². The summed E-state index contributed by atoms with van der Waals surface area (Å²) >= 11 is 0. The molecule has 2 N–H and O–H groups in total. The molecule has 100 valence electrons. The lowest BCUT2D eigenvalue weighted by atomic mass is 9.76. The molecule has 1 aliphatic rings. The molecule has 18 heavy (non-hydrogen) atoms. The van der Waals surface area contributed by atoms with E-state index in [1.54, 1.807) is 0 Å². The minimum atomic E-state index is -0.134. The molecule has 0 heterocycles. The Labute approximate surface area is 110 Å². The highest BCUT2D eigenvalue weighted by molar-refractivity contribution is 5.22. The summed E-state index contributed by atoms with van der Waals surface area (Å²) in [6, 6.07) is 8.10. The van der Waals surface area contributed by atoms with Crippen molar-refractivity contribution in [1.82, 2.24) is 0 Å². The minimum Gasteiger partial charge on any atom is -0.393 e. The molecule has 3 atom stereocenters. The Balaban J connectivity index is 1.97. The summed E-state index contributed by atoms with van der Waals surface area (Å²) in [5.74, 6) is 1.19. The zero-order valence-electron chi connectivity index (χ0n) is 11.2. The van der Waals surface area contributed by atoms with E-state index in [0.717, 1.165) is 30.7 Å². The molecule has 0 radical (unpaired) electrons. The van der Waals surface area contributed by atoms with E-state index in [4.69, 9.17) is 5.11 Å². The van der Waals surface area contributed by atoms with E-state index in [-0.39, 0.29) is 12.7 Å². The topological polar surface area (TPSA) is 40.5 Å². The Hall–Kier alpha value is -0.860. The zero-order valence-corrected chi connectivity index (χ0v) is 11.2. The van der Waals surface area contributed by atoms with Gasteiger partial charge in [-0.15, -0.1) is 0 Å². The Bertz CT molecular complexity index is 358. The number of hydrogen-bond acceptors (Lipinski definition) is 2. The van der Waals surface area contributed by atoms with Crippen molar-refractivity contribution < 1.29 is 10.2 Å². The molecule has 0 aliphatic heterocycles. The molecular weight excluding hydrogens is 224 g/mol. The van der Waals surface area contributed by atoms with Gasteiger partial charge in [0, 0.05) is 0 Å². The van der Waals surface area contributed by atoms with Gasteiger partial charge in [0.1, 0.15) is 0 Å². The normalized spacial score (nSPS) is 28.3. The van der Waals surface area contributed by atoms with Gasteiger partial charge in [-0.3, -0.25) is 0 Å². The van der Waals surface area contributed by atoms with Crippen LogP contribution >= 0.6 is 0 Å². The molecule has 1 aromatic carbocycles. The molecule has 1 aliphatic carbocycles. The predicted octanol–water partition coefficient (Wildman–Crippen LogP) is 2.91. The van der Waals surface area contributed by atoms with Crippen LogP contribution in [0.15, 0.2) is 24.3 Å². The lowest BCUT2D eigenvalue weighted by molar-refractivity contribution is 0.0475. The van der Waals surface area contributed by atoms with Crippen molar-refractivity contribution in [2.45, 2.75) is 51.7 Å². The van der Waals surface area contributed by atoms with Gasteiger partial charge in [-0.1, -0.05) is 37.6 Å². The third-order valence-electron chi connectivity index (χ3n) is 4.33. The fourth-order valence-electron chi connectivity index (χ4n) is 3.02. The maximum atomic E-state index is 10.1. The summed E-state index contributed by atoms with van der Waals surface area (Å²) in [5, 5.41) is 19.1. The van der Waals surface area contributed by atoms with Crippen LogP contribution in [0.2, 0.25) is 0 Å². The predicted molar refractivity (Wildman–Crippen MR) is 73.2 cm³/mol. The third-order valence-corrected chi connectivity index (χ3v) is 4.33. The third kappa shape index (κ3) is 3.33. The lowest BCUT2D eigenvalue weighted by Crippen LogP contribution is -2.30. The first-order valence-corrected chi connectivity index (χ1v) is 7.09. The van der Waals surface area contributed by atoms with Gasteiger partial charge in [-0.2, -0.15) is 0 Å². The van der Waals surface area contributed by atoms with Crippen LogP contribution in [0.3, 0.4) is 0 Å². The second-order valence-corrected chi connectivity index (χ2v) is 5.59. The van der Waals surface area contributed by atoms with Crippen LogP contribution in [-0.2, 0) is 13.0 Å². The van der Waals surface area contributed by atoms with Gasteiger partial charge < -0.3 is 10.2 Å². The number of rotatable bonds is 4. The van der Waals surface area contributed by atoms with Crippen LogP contribution in [-0.4, -0.2) is 16.3 Å². The summed E-state index contributed by atoms with van der Waals surface area (Å²) in [6.45, 7) is 2.35. The maximum absolute atomic E-state index is 10.1. The van der Waals surface area contributed by atoms with Crippen molar-refractivity contribution in [3.05, 3.63) is 35.4 Å². The van der Waals surface area contributed by atoms with E-state index in [0.29, 0.717) is 5.92 Å². The van der Waals surface area contributed by atoms with Gasteiger partial charge in [0.15, 0.2) is 0 Å². The molecule has 1 aromatic rings. The minimum absolute atomic E-state index is 0.101. The van der Waals surface area contributed by atoms with Crippen LogP contribution < -0.4 is 0 Å². The number of aliphatic hydroxyl groups is 2. The SMILES string of the molecule is CCC1CCC(O)C(Cc2ccc(CO)cc2)C1. The Morgan fingerprint density at radius 1 is 1.11 bits per heavy atom. The number of hydrogen-bond donors (Lipinski definition) is 2. The molecule has 2 rings (SSSR count). The summed E-state index contributed by atoms with van der Waals surface area (Å²) < 4.78 is 0. The van der Waals surface area contributed by atoms with Crippen molar-refractivity contribution in [2.24, 2.45) is 11.8 Å². The van der Waals surface area contributed by atoms with Gasteiger partial charge in [0.25, 0.3) is 0 Å². The number of benzene rings is 1. The second kappa shape index (κ2) is 6.35. The van der Waals surface area contributed by atoms with Crippen molar-refractivity contribution >= 4 is 0 Å². The quantitative estimate of drug-likeness (QED) is 0.860. The van der Waals surface area contributed by atoms with Gasteiger partial charge in [-0.05, 0) is 48.6 Å². The maximum Gasteiger partial charge on any atom is 0.0681 e. The van der Waals surface area contributed by atoms with Crippen LogP contribution in [0.25, 0.3) is 0 Å². The Kier molecular flexibility index (Phi) is 4.79. The van der Waals surface area contributed by atoms with Crippen molar-refractivity contribution in [3.8, 4) is 0 Å². The summed E-state index contributed by atoms with van der Waals surface area (Å²) in [6.07, 6.45) is 5.34. The van der Waals surface area contributed by atoms with Crippen molar-refractivity contribution in [3.63, 3.8) is 0 Å². The summed E-state index contributed by atoms with van der Waals surface area (Å²) in [5.41, 5.74) is 2.22. The summed E-state index contributed by atoms with van der Waals surface area (Å²) in [7, 11) is 0. The Morgan fingerprint density at radius 3 is 2.39 bits per heavy atom. The van der Waals surface area contributed by atoms with Crippen LogP contribution in [0, 0.1) is 11.8 Å². The monoisotopic (exact) mass is 248 g/mol. The highest BCUT2D eigenvalue weighted by Gasteiger charge is 2.28. The zero-order chi connectivity index (χ0) is 13.0. The van der Waals surface area contributed by atoms with Crippen molar-refractivity contribution in [2.75, 3.05) is 0 Å². The number of aliphatic hydroxyl groups excluding tert-OH is 2. The molecule has 2 nitrogen and oxygen atoms in total. The molecule has 0 bridgehead atoms. The van der Waals surface area contributed by atoms with E-state index in [1.807, 2.05) is 12.1 Å². The van der Waals surface area contributed by atoms with Gasteiger partial charge in [0.05, 0.1) is 12.7 Å². The molecular formula is C16H24O2. The average Bonchev–Trinajstić information content (AvgIpc) is 2.42. The van der Waals surface area contributed by atoms with E-state index >= 15 is 0 Å². The van der Waals surface area contributed by atoms with Crippen LogP contribution in [0.4, 0.5) is 0 Å². The molecule has 0 amide bonds. The van der Waals surface area contributed by atoms with Gasteiger partial charge in [0.2, 0.25) is 0 Å². The summed E-state index contributed by atoms with van der Waals surface area (Å²) in [4.78, 5) is 0. The van der Waals surface area contributed by atoms with E-state index in [9.17, 15) is 5.11 Å². The van der Waals surface area contributed by atoms with Crippen LogP contribution in [0.1, 0.15) is 43.7 Å². The molecule has 1 saturated carbocycles. The fourth-order valence-corrected chi connectivity index (χ4v) is 3.02. The highest BCUT2D eigenvalue weighted by atomic mass is 16.3. The van der Waals surface area contributed by atoms with E-state index < -0.39 is 0 Å². The first kappa shape index (κ1) is 13.6. The van der Waals surface area contributed by atoms with Crippen LogP contribution in [0.5, 0.6) is 0 Å². The van der Waals surface area contributed by atoms with Gasteiger partial charge >= 0.3 is 0 Å². The molecule has 0 spiro atoms. The Morgan fingerprint density at radius 2 is 1.78 bits per heavy atom. The highest BCUT2D eigenvalue weighted by Crippen LogP contribution is 2.33. The molecule has 2 heteroatoms.